The van der Waals surface area contributed by atoms with Crippen LogP contribution in [-0.4, -0.2) is 9.86 Å². The van der Waals surface area contributed by atoms with Crippen molar-refractivity contribution in [1.82, 2.24) is 0 Å². The van der Waals surface area contributed by atoms with Gasteiger partial charge in [0.05, 0.1) is 0 Å². The Hall–Kier alpha value is -0.540. The van der Waals surface area contributed by atoms with Gasteiger partial charge in [-0.2, -0.15) is 0 Å². The van der Waals surface area contributed by atoms with Crippen LogP contribution in [0.2, 0.25) is 0 Å². The summed E-state index contributed by atoms with van der Waals surface area (Å²) in [4.78, 5) is 12.6. The highest BCUT2D eigenvalue weighted by Crippen LogP contribution is 2.68. The lowest BCUT2D eigenvalue weighted by atomic mass is 9.81. The van der Waals surface area contributed by atoms with Gasteiger partial charge in [-0.25, -0.2) is 0 Å². The minimum Gasteiger partial charge on any atom is -0.282 e. The van der Waals surface area contributed by atoms with Crippen molar-refractivity contribution in [2.75, 3.05) is 0 Å². The molecule has 0 aliphatic heterocycles. The lowest BCUT2D eigenvalue weighted by Crippen LogP contribution is -2.36. The Balaban J connectivity index is 1.88. The molecular formula is C17H19BrOS. The predicted octanol–water partition coefficient (Wildman–Crippen LogP) is 5.46. The van der Waals surface area contributed by atoms with Crippen LogP contribution in [0.5, 0.6) is 0 Å². The van der Waals surface area contributed by atoms with Crippen LogP contribution in [0, 0.1) is 11.3 Å². The molecule has 0 saturated heterocycles. The van der Waals surface area contributed by atoms with Crippen LogP contribution in [0.1, 0.15) is 43.5 Å². The summed E-state index contributed by atoms with van der Waals surface area (Å²) in [6, 6.07) is 7.65. The van der Waals surface area contributed by atoms with Crippen molar-refractivity contribution in [1.29, 1.82) is 0 Å². The normalized spacial score (nSPS) is 30.8. The maximum Gasteiger partial charge on any atom is 0.220 e. The monoisotopic (exact) mass is 350 g/mol. The number of fused-ring (bicyclic) bond motifs is 2. The molecule has 0 aromatic heterocycles. The predicted molar refractivity (Wildman–Crippen MR) is 89.1 cm³/mol. The Morgan fingerprint density at radius 1 is 1.35 bits per heavy atom. The third-order valence-corrected chi connectivity index (χ3v) is 7.63. The number of carbonyl (C=O) groups excluding carboxylic acids is 1. The second kappa shape index (κ2) is 4.74. The van der Waals surface area contributed by atoms with Gasteiger partial charge in [0, 0.05) is 14.8 Å². The summed E-state index contributed by atoms with van der Waals surface area (Å²) in [5.74, 6) is 0.695. The molecule has 1 aromatic rings. The fourth-order valence-corrected chi connectivity index (χ4v) is 5.61. The van der Waals surface area contributed by atoms with E-state index in [0.717, 1.165) is 22.9 Å². The minimum absolute atomic E-state index is 0.0537. The lowest BCUT2D eigenvalue weighted by Gasteiger charge is -2.37. The van der Waals surface area contributed by atoms with Crippen LogP contribution in [0.15, 0.2) is 40.9 Å². The van der Waals surface area contributed by atoms with E-state index >= 15 is 0 Å². The van der Waals surface area contributed by atoms with Crippen molar-refractivity contribution in [3.05, 3.63) is 46.5 Å². The number of carbonyl (C=O) groups is 1. The van der Waals surface area contributed by atoms with Crippen molar-refractivity contribution in [2.45, 2.75) is 37.9 Å². The first-order valence-electron chi connectivity index (χ1n) is 7.04. The third-order valence-electron chi connectivity index (χ3n) is 5.32. The molecular weight excluding hydrogens is 332 g/mol. The molecule has 2 atom stereocenters. The Morgan fingerprint density at radius 3 is 2.50 bits per heavy atom. The van der Waals surface area contributed by atoms with Crippen LogP contribution in [0.4, 0.5) is 0 Å². The number of rotatable bonds is 2. The maximum absolute atomic E-state index is 12.6. The zero-order chi connectivity index (χ0) is 14.5. The summed E-state index contributed by atoms with van der Waals surface area (Å²) in [5.41, 5.74) is 2.24. The SMILES string of the molecule is C=C1CC2CCC1(SC(=O)c1ccc(Br)cc1)C2(C)C. The van der Waals surface area contributed by atoms with Gasteiger partial charge in [-0.05, 0) is 54.9 Å². The first-order valence-corrected chi connectivity index (χ1v) is 8.65. The van der Waals surface area contributed by atoms with Crippen molar-refractivity contribution in [3.63, 3.8) is 0 Å². The van der Waals surface area contributed by atoms with Gasteiger partial charge in [-0.3, -0.25) is 4.79 Å². The molecule has 0 radical (unpaired) electrons. The van der Waals surface area contributed by atoms with E-state index in [9.17, 15) is 4.79 Å². The highest BCUT2D eigenvalue weighted by molar-refractivity contribution is 9.10. The minimum atomic E-state index is -0.0537. The van der Waals surface area contributed by atoms with E-state index in [4.69, 9.17) is 0 Å². The summed E-state index contributed by atoms with van der Waals surface area (Å²) >= 11 is 4.93. The van der Waals surface area contributed by atoms with E-state index in [-0.39, 0.29) is 15.3 Å². The molecule has 0 spiro atoms. The zero-order valence-electron chi connectivity index (χ0n) is 11.9. The molecule has 0 N–H and O–H groups in total. The summed E-state index contributed by atoms with van der Waals surface area (Å²) in [6.07, 6.45) is 3.41. The van der Waals surface area contributed by atoms with Crippen molar-refractivity contribution < 1.29 is 4.79 Å². The average Bonchev–Trinajstić information content (AvgIpc) is 2.73. The standard InChI is InChI=1S/C17H19BrOS/c1-11-10-13-8-9-17(11,16(13,2)3)20-15(19)12-4-6-14(18)7-5-12/h4-7,13H,1,8-10H2,2-3H3. The quantitative estimate of drug-likeness (QED) is 0.659. The summed E-state index contributed by atoms with van der Waals surface area (Å²) in [5, 5.41) is 0.175. The molecule has 3 heteroatoms. The van der Waals surface area contributed by atoms with Crippen molar-refractivity contribution in [3.8, 4) is 0 Å². The molecule has 20 heavy (non-hydrogen) atoms. The molecule has 2 unspecified atom stereocenters. The van der Waals surface area contributed by atoms with Gasteiger partial charge in [0.2, 0.25) is 5.12 Å². The highest BCUT2D eigenvalue weighted by atomic mass is 79.9. The van der Waals surface area contributed by atoms with E-state index < -0.39 is 0 Å². The first kappa shape index (κ1) is 14.4. The molecule has 2 aliphatic rings. The second-order valence-electron chi connectivity index (χ2n) is 6.49. The number of halogens is 1. The van der Waals surface area contributed by atoms with E-state index in [1.807, 2.05) is 24.3 Å². The van der Waals surface area contributed by atoms with Gasteiger partial charge in [0.1, 0.15) is 0 Å². The van der Waals surface area contributed by atoms with Crippen molar-refractivity contribution in [2.24, 2.45) is 11.3 Å². The fraction of sp³-hybridized carbons (Fsp3) is 0.471. The van der Waals surface area contributed by atoms with Gasteiger partial charge in [0.15, 0.2) is 0 Å². The van der Waals surface area contributed by atoms with E-state index in [2.05, 4.69) is 36.4 Å². The van der Waals surface area contributed by atoms with Crippen LogP contribution in [0.3, 0.4) is 0 Å². The number of benzene rings is 1. The molecule has 2 saturated carbocycles. The second-order valence-corrected chi connectivity index (χ2v) is 8.68. The zero-order valence-corrected chi connectivity index (χ0v) is 14.3. The Labute approximate surface area is 133 Å². The molecule has 0 amide bonds. The maximum atomic E-state index is 12.6. The van der Waals surface area contributed by atoms with Crippen LogP contribution >= 0.6 is 27.7 Å². The van der Waals surface area contributed by atoms with Crippen LogP contribution in [0.25, 0.3) is 0 Å². The van der Waals surface area contributed by atoms with Gasteiger partial charge >= 0.3 is 0 Å². The molecule has 106 valence electrons. The number of thioether (sulfide) groups is 1. The topological polar surface area (TPSA) is 17.1 Å². The van der Waals surface area contributed by atoms with E-state index in [1.165, 1.54) is 23.8 Å². The van der Waals surface area contributed by atoms with Gasteiger partial charge < -0.3 is 0 Å². The summed E-state index contributed by atoms with van der Waals surface area (Å²) < 4.78 is 0.950. The first-order chi connectivity index (χ1) is 9.37. The van der Waals surface area contributed by atoms with Crippen LogP contribution < -0.4 is 0 Å². The van der Waals surface area contributed by atoms with Gasteiger partial charge in [0.25, 0.3) is 0 Å². The average molecular weight is 351 g/mol. The highest BCUT2D eigenvalue weighted by Gasteiger charge is 2.62. The van der Waals surface area contributed by atoms with E-state index in [0.29, 0.717) is 5.92 Å². The molecule has 2 fully saturated rings. The number of hydrogen-bond donors (Lipinski definition) is 0. The van der Waals surface area contributed by atoms with Crippen molar-refractivity contribution >= 4 is 32.8 Å². The third kappa shape index (κ3) is 1.93. The summed E-state index contributed by atoms with van der Waals surface area (Å²) in [7, 11) is 0. The molecule has 0 heterocycles. The molecule has 2 bridgehead atoms. The Kier molecular flexibility index (Phi) is 3.41. The number of hydrogen-bond acceptors (Lipinski definition) is 2. The van der Waals surface area contributed by atoms with Crippen LogP contribution in [-0.2, 0) is 0 Å². The van der Waals surface area contributed by atoms with Gasteiger partial charge in [-0.15, -0.1) is 0 Å². The molecule has 2 aliphatic carbocycles. The Bertz CT molecular complexity index is 575. The smallest absolute Gasteiger partial charge is 0.220 e. The molecule has 3 rings (SSSR count). The van der Waals surface area contributed by atoms with Gasteiger partial charge in [-0.1, -0.05) is 53.7 Å². The lowest BCUT2D eigenvalue weighted by molar-refractivity contribution is 0.108. The fourth-order valence-electron chi connectivity index (χ4n) is 3.90. The molecule has 1 nitrogen and oxygen atoms in total. The summed E-state index contributed by atoms with van der Waals surface area (Å²) in [6.45, 7) is 8.91. The van der Waals surface area contributed by atoms with E-state index in [1.54, 1.807) is 0 Å². The molecule has 1 aromatic carbocycles. The Morgan fingerprint density at radius 2 is 2.00 bits per heavy atom. The largest absolute Gasteiger partial charge is 0.282 e.